The molecule has 0 aromatic heterocycles. The van der Waals surface area contributed by atoms with E-state index in [0.717, 1.165) is 0 Å². The van der Waals surface area contributed by atoms with Crippen molar-refractivity contribution in [1.29, 1.82) is 0 Å². The molecule has 2 aromatic carbocycles. The van der Waals surface area contributed by atoms with Crippen LogP contribution in [-0.2, 0) is 12.8 Å². The Labute approximate surface area is 212 Å². The van der Waals surface area contributed by atoms with Crippen molar-refractivity contribution in [2.24, 2.45) is 0 Å². The third-order valence-electron chi connectivity index (χ3n) is 3.26. The van der Waals surface area contributed by atoms with Crippen LogP contribution in [0, 0.1) is 14.4 Å². The van der Waals surface area contributed by atoms with Gasteiger partial charge in [0, 0.05) is 0 Å². The summed E-state index contributed by atoms with van der Waals surface area (Å²) in [6.45, 7) is 13.8. The van der Waals surface area contributed by atoms with E-state index < -0.39 is 0 Å². The summed E-state index contributed by atoms with van der Waals surface area (Å²) in [4.78, 5) is 0. The van der Waals surface area contributed by atoms with Crippen molar-refractivity contribution in [3.8, 4) is 0 Å². The van der Waals surface area contributed by atoms with Crippen LogP contribution in [0.2, 0.25) is 0 Å². The van der Waals surface area contributed by atoms with Gasteiger partial charge in [-0.05, 0) is 24.0 Å². The first kappa shape index (κ1) is 63.3. The predicted octanol–water partition coefficient (Wildman–Crippen LogP) is 12.1. The molecule has 0 spiro atoms. The van der Waals surface area contributed by atoms with Gasteiger partial charge in [0.05, 0.1) is 14.4 Å². The number of hydrogen-bond donors (Lipinski definition) is 0. The van der Waals surface area contributed by atoms with Gasteiger partial charge in [0.1, 0.15) is 0 Å². The number of rotatable bonds is 5. The number of halogens is 2. The van der Waals surface area contributed by atoms with E-state index in [2.05, 4.69) is 95.3 Å². The van der Waals surface area contributed by atoms with Gasteiger partial charge >= 0.3 is 0 Å². The van der Waals surface area contributed by atoms with Crippen LogP contribution in [0.3, 0.4) is 0 Å². The van der Waals surface area contributed by atoms with Crippen LogP contribution in [0.5, 0.6) is 0 Å². The van der Waals surface area contributed by atoms with E-state index in [-0.39, 0.29) is 37.1 Å². The molecule has 0 N–H and O–H groups in total. The minimum Gasteiger partial charge on any atom is -0.358 e. The molecule has 0 unspecified atom stereocenters. The summed E-state index contributed by atoms with van der Waals surface area (Å²) in [6, 6.07) is 21.1. The van der Waals surface area contributed by atoms with Crippen molar-refractivity contribution in [3.63, 3.8) is 0 Å². The maximum Gasteiger partial charge on any atom is 0.0785 e. The van der Waals surface area contributed by atoms with E-state index in [0.29, 0.717) is 14.4 Å². The molecule has 2 aromatic rings. The fraction of sp³-hybridized carbons (Fsp3) is 0.548. The summed E-state index contributed by atoms with van der Waals surface area (Å²) in [5.41, 5.74) is 2.89. The monoisotopic (exact) mass is 742 g/mol. The summed E-state index contributed by atoms with van der Waals surface area (Å²) < 4.78 is 19.0. The van der Waals surface area contributed by atoms with Crippen LogP contribution in [-0.4, -0.2) is 14.4 Å². The van der Waals surface area contributed by atoms with Gasteiger partial charge in [-0.3, -0.25) is 8.78 Å². The third-order valence-corrected chi connectivity index (χ3v) is 3.26. The zero-order valence-electron chi connectivity index (χ0n) is 21.2. The van der Waals surface area contributed by atoms with E-state index in [1.165, 1.54) is 49.7 Å². The Balaban J connectivity index is -0.0000000274. The number of alkyl halides is 2. The topological polar surface area (TPSA) is 0 Å². The van der Waals surface area contributed by atoms with Crippen LogP contribution >= 0.6 is 0 Å². The number of aryl methyl sites for hydroxylation is 2. The largest absolute Gasteiger partial charge is 0.358 e. The molecular formula is C31H64F2Rf-2. The quantitative estimate of drug-likeness (QED) is 0.268. The van der Waals surface area contributed by atoms with Crippen molar-refractivity contribution < 1.29 is 8.78 Å². The van der Waals surface area contributed by atoms with E-state index in [9.17, 15) is 8.78 Å². The number of benzene rings is 2. The Hall–Kier alpha value is -2.70. The maximum absolute atomic E-state index is 9.50. The molecule has 0 radical (unpaired) electrons. The van der Waals surface area contributed by atoms with Crippen molar-refractivity contribution >= 4 is 0 Å². The van der Waals surface area contributed by atoms with Gasteiger partial charge in [-0.1, -0.05) is 144 Å². The Morgan fingerprint density at radius 1 is 0.500 bits per heavy atom. The van der Waals surface area contributed by atoms with E-state index in [4.69, 9.17) is 0 Å². The molecular weight excluding hydrogens is 677 g/mol. The summed E-state index contributed by atoms with van der Waals surface area (Å²) in [7, 11) is 1.00. The SMILES string of the molecule is C.C.C.C.CCCC.CCCc1ccccc1.CCCc1ccccc1.CF.CF.[CH2-]C.[CH3-].[Rf]. The van der Waals surface area contributed by atoms with Crippen LogP contribution in [0.1, 0.15) is 101 Å². The van der Waals surface area contributed by atoms with E-state index >= 15 is 0 Å². The van der Waals surface area contributed by atoms with Gasteiger partial charge in [-0.2, -0.15) is 6.92 Å². The van der Waals surface area contributed by atoms with Gasteiger partial charge in [0.15, 0.2) is 0 Å². The van der Waals surface area contributed by atoms with Gasteiger partial charge in [0.25, 0.3) is 0 Å². The first-order valence-corrected chi connectivity index (χ1v) is 10.3. The standard InChI is InChI=1S/2C9H12.C4H10.C2H5.2CH3F.4CH4.CH3.Rf/c2*1-2-6-9-7-4-3-5-8-9;1-3-4-2;3*1-2;;;;;;/h2*3-5,7-8H,2,6H2,1H3;3-4H2,1-2H3;1H2,2H3;2*1H3;4*1H4;1H3;/q;;;-1;;;;;;;-1;. The average Bonchev–Trinajstić information content (AvgIpc) is 2.80. The van der Waals surface area contributed by atoms with E-state index in [1.807, 2.05) is 0 Å². The van der Waals surface area contributed by atoms with Crippen molar-refractivity contribution in [3.05, 3.63) is 86.1 Å². The molecule has 0 nitrogen and oxygen atoms in total. The first-order valence-electron chi connectivity index (χ1n) is 10.3. The molecule has 0 atom stereocenters. The molecule has 0 saturated carbocycles. The summed E-state index contributed by atoms with van der Waals surface area (Å²) in [5, 5.41) is 0. The molecule has 0 bridgehead atoms. The summed E-state index contributed by atoms with van der Waals surface area (Å²) in [6.07, 6.45) is 7.54. The van der Waals surface area contributed by atoms with Crippen molar-refractivity contribution in [2.75, 3.05) is 14.4 Å². The maximum atomic E-state index is 9.50. The predicted molar refractivity (Wildman–Crippen MR) is 160 cm³/mol. The zero-order valence-corrected chi connectivity index (χ0v) is 27.6. The molecule has 0 aliphatic carbocycles. The molecule has 3 heteroatoms. The average molecular weight is 742 g/mol. The van der Waals surface area contributed by atoms with Crippen LogP contribution < -0.4 is 0 Å². The second-order valence-electron chi connectivity index (χ2n) is 5.47. The van der Waals surface area contributed by atoms with Crippen molar-refractivity contribution in [1.82, 2.24) is 0 Å². The molecule has 0 heterocycles. The van der Waals surface area contributed by atoms with Crippen LogP contribution in [0.15, 0.2) is 60.7 Å². The molecule has 0 fully saturated rings. The van der Waals surface area contributed by atoms with Gasteiger partial charge in [0.2, 0.25) is 0 Å². The van der Waals surface area contributed by atoms with Gasteiger partial charge in [-0.25, -0.2) is 0 Å². The Kier molecular flexibility index (Phi) is 130. The Morgan fingerprint density at radius 2 is 0.706 bits per heavy atom. The first-order chi connectivity index (χ1) is 13.8. The number of hydrogen-bond acceptors (Lipinski definition) is 0. The Bertz CT molecular complexity index is 390. The minimum absolute atomic E-state index is 0. The Morgan fingerprint density at radius 3 is 0.853 bits per heavy atom. The summed E-state index contributed by atoms with van der Waals surface area (Å²) in [5.74, 6) is 0. The fourth-order valence-corrected chi connectivity index (χ4v) is 1.87. The smallest absolute Gasteiger partial charge is 0.0785 e. The van der Waals surface area contributed by atoms with Gasteiger partial charge < -0.3 is 14.4 Å². The molecule has 0 saturated heterocycles. The molecule has 34 heavy (non-hydrogen) atoms. The molecule has 2 rings (SSSR count). The minimum atomic E-state index is 0. The normalized spacial score (nSPS) is 6.41. The van der Waals surface area contributed by atoms with Crippen molar-refractivity contribution in [2.45, 2.75) is 103 Å². The second kappa shape index (κ2) is 69.8. The molecule has 206 valence electrons. The fourth-order valence-electron chi connectivity index (χ4n) is 1.87. The van der Waals surface area contributed by atoms with Crippen LogP contribution in [0.4, 0.5) is 8.78 Å². The van der Waals surface area contributed by atoms with E-state index in [1.54, 1.807) is 6.92 Å². The summed E-state index contributed by atoms with van der Waals surface area (Å²) >= 11 is 0. The molecule has 0 amide bonds. The molecule has 0 aliphatic rings. The van der Waals surface area contributed by atoms with Crippen LogP contribution in [0.25, 0.3) is 0 Å². The van der Waals surface area contributed by atoms with Gasteiger partial charge in [-0.15, -0.1) is 0 Å². The second-order valence-corrected chi connectivity index (χ2v) is 5.47. The third kappa shape index (κ3) is 56.9. The number of unbranched alkanes of at least 4 members (excludes halogenated alkanes) is 1. The molecule has 0 aliphatic heterocycles. The zero-order chi connectivity index (χ0) is 22.5.